The number of hydrogen-bond donors (Lipinski definition) is 0. The zero-order valence-electron chi connectivity index (χ0n) is 13.4. The molecule has 0 bridgehead atoms. The van der Waals surface area contributed by atoms with Crippen LogP contribution in [0.15, 0.2) is 65.3 Å². The van der Waals surface area contributed by atoms with E-state index in [0.29, 0.717) is 23.8 Å². The monoisotopic (exact) mass is 329 g/mol. The number of aromatic nitrogens is 3. The van der Waals surface area contributed by atoms with Gasteiger partial charge in [-0.3, -0.25) is 9.88 Å². The lowest BCUT2D eigenvalue weighted by atomic mass is 10.1. The molecule has 0 N–H and O–H groups in total. The van der Waals surface area contributed by atoms with Gasteiger partial charge in [-0.15, -0.1) is 0 Å². The molecule has 4 rings (SSSR count). The van der Waals surface area contributed by atoms with Crippen molar-refractivity contribution in [1.29, 1.82) is 5.26 Å². The van der Waals surface area contributed by atoms with Crippen LogP contribution in [0.3, 0.4) is 0 Å². The van der Waals surface area contributed by atoms with E-state index in [1.165, 1.54) is 0 Å². The second-order valence-corrected chi connectivity index (χ2v) is 5.77. The normalized spacial score (nSPS) is 16.8. The maximum Gasteiger partial charge on any atom is 0.248 e. The minimum absolute atomic E-state index is 0.0672. The van der Waals surface area contributed by atoms with Crippen molar-refractivity contribution in [2.24, 2.45) is 0 Å². The van der Waals surface area contributed by atoms with E-state index in [0.717, 1.165) is 17.8 Å². The van der Waals surface area contributed by atoms with E-state index < -0.39 is 0 Å². The summed E-state index contributed by atoms with van der Waals surface area (Å²) >= 11 is 0. The number of benzene rings is 1. The van der Waals surface area contributed by atoms with Gasteiger partial charge in [0.1, 0.15) is 6.04 Å². The molecule has 25 heavy (non-hydrogen) atoms. The van der Waals surface area contributed by atoms with E-state index in [4.69, 9.17) is 9.78 Å². The predicted molar refractivity (Wildman–Crippen MR) is 91.0 cm³/mol. The molecule has 1 aromatic carbocycles. The highest BCUT2D eigenvalue weighted by Crippen LogP contribution is 2.28. The lowest BCUT2D eigenvalue weighted by Gasteiger charge is -2.20. The molecule has 0 unspecified atom stereocenters. The largest absolute Gasteiger partial charge is 0.337 e. The highest BCUT2D eigenvalue weighted by molar-refractivity contribution is 5.57. The lowest BCUT2D eigenvalue weighted by Crippen LogP contribution is -2.24. The van der Waals surface area contributed by atoms with Crippen molar-refractivity contribution in [3.63, 3.8) is 0 Å². The second kappa shape index (κ2) is 6.67. The Morgan fingerprint density at radius 1 is 1.24 bits per heavy atom. The van der Waals surface area contributed by atoms with Crippen molar-refractivity contribution in [2.45, 2.75) is 12.6 Å². The highest BCUT2D eigenvalue weighted by Gasteiger charge is 2.27. The Kier molecular flexibility index (Phi) is 4.07. The van der Waals surface area contributed by atoms with Gasteiger partial charge in [0.05, 0.1) is 17.3 Å². The summed E-state index contributed by atoms with van der Waals surface area (Å²) in [5.41, 5.74) is 2.34. The van der Waals surface area contributed by atoms with Crippen molar-refractivity contribution in [3.8, 4) is 17.5 Å². The Morgan fingerprint density at radius 3 is 3.04 bits per heavy atom. The summed E-state index contributed by atoms with van der Waals surface area (Å²) < 4.78 is 5.49. The van der Waals surface area contributed by atoms with Gasteiger partial charge in [-0.25, -0.2) is 0 Å². The molecule has 0 saturated carbocycles. The average Bonchev–Trinajstić information content (AvgIpc) is 3.32. The molecule has 0 amide bonds. The molecule has 6 heteroatoms. The van der Waals surface area contributed by atoms with Gasteiger partial charge in [0.2, 0.25) is 11.7 Å². The summed E-state index contributed by atoms with van der Waals surface area (Å²) in [7, 11) is 0. The third kappa shape index (κ3) is 3.18. The van der Waals surface area contributed by atoms with Crippen LogP contribution in [0.4, 0.5) is 0 Å². The van der Waals surface area contributed by atoms with Gasteiger partial charge in [-0.05, 0) is 24.3 Å². The van der Waals surface area contributed by atoms with Gasteiger partial charge in [0.15, 0.2) is 0 Å². The molecule has 1 atom stereocenters. The Balaban J connectivity index is 1.56. The summed E-state index contributed by atoms with van der Waals surface area (Å²) in [6, 6.07) is 15.1. The first-order valence-corrected chi connectivity index (χ1v) is 7.98. The molecule has 1 aliphatic rings. The molecule has 1 aliphatic heterocycles. The fourth-order valence-corrected chi connectivity index (χ4v) is 2.86. The fourth-order valence-electron chi connectivity index (χ4n) is 2.86. The molecule has 0 aliphatic carbocycles. The van der Waals surface area contributed by atoms with Crippen LogP contribution in [-0.2, 0) is 6.54 Å². The van der Waals surface area contributed by atoms with Crippen LogP contribution < -0.4 is 0 Å². The number of nitrogens with zero attached hydrogens (tertiary/aromatic N) is 5. The van der Waals surface area contributed by atoms with Crippen molar-refractivity contribution < 1.29 is 4.52 Å². The summed E-state index contributed by atoms with van der Waals surface area (Å²) in [4.78, 5) is 11.1. The third-order valence-corrected chi connectivity index (χ3v) is 4.09. The molecule has 0 spiro atoms. The van der Waals surface area contributed by atoms with Gasteiger partial charge in [0, 0.05) is 24.8 Å². The number of nitriles is 1. The van der Waals surface area contributed by atoms with E-state index in [1.807, 2.05) is 30.3 Å². The first-order chi connectivity index (χ1) is 12.3. The fraction of sp³-hybridized carbons (Fsp3) is 0.158. The first kappa shape index (κ1) is 15.2. The molecule has 122 valence electrons. The smallest absolute Gasteiger partial charge is 0.248 e. The first-order valence-electron chi connectivity index (χ1n) is 7.98. The predicted octanol–water partition coefficient (Wildman–Crippen LogP) is 3.12. The van der Waals surface area contributed by atoms with Crippen LogP contribution in [-0.4, -0.2) is 26.6 Å². The zero-order chi connectivity index (χ0) is 17.1. The van der Waals surface area contributed by atoms with E-state index in [1.54, 1.807) is 18.3 Å². The second-order valence-electron chi connectivity index (χ2n) is 5.77. The summed E-state index contributed by atoms with van der Waals surface area (Å²) in [6.45, 7) is 1.52. The molecular formula is C19H15N5O. The lowest BCUT2D eigenvalue weighted by molar-refractivity contribution is 0.216. The van der Waals surface area contributed by atoms with Crippen LogP contribution >= 0.6 is 0 Å². The van der Waals surface area contributed by atoms with E-state index in [-0.39, 0.29) is 6.04 Å². The number of pyridine rings is 1. The van der Waals surface area contributed by atoms with Gasteiger partial charge in [-0.2, -0.15) is 10.2 Å². The molecule has 0 fully saturated rings. The zero-order valence-corrected chi connectivity index (χ0v) is 13.4. The Labute approximate surface area is 145 Å². The molecule has 3 heterocycles. The van der Waals surface area contributed by atoms with Crippen LogP contribution in [0.2, 0.25) is 0 Å². The maximum atomic E-state index is 9.03. The number of hydrogen-bond acceptors (Lipinski definition) is 6. The van der Waals surface area contributed by atoms with Crippen LogP contribution in [0.1, 0.15) is 23.2 Å². The molecule has 2 aromatic heterocycles. The van der Waals surface area contributed by atoms with Gasteiger partial charge >= 0.3 is 0 Å². The summed E-state index contributed by atoms with van der Waals surface area (Å²) in [6.07, 6.45) is 5.94. The molecule has 0 radical (unpaired) electrons. The van der Waals surface area contributed by atoms with Crippen LogP contribution in [0, 0.1) is 11.3 Å². The van der Waals surface area contributed by atoms with Gasteiger partial charge in [0.25, 0.3) is 0 Å². The van der Waals surface area contributed by atoms with Crippen LogP contribution in [0.5, 0.6) is 0 Å². The van der Waals surface area contributed by atoms with E-state index in [9.17, 15) is 0 Å². The molecular weight excluding hydrogens is 314 g/mol. The summed E-state index contributed by atoms with van der Waals surface area (Å²) in [5, 5.41) is 13.1. The number of rotatable bonds is 4. The molecule has 0 saturated heterocycles. The van der Waals surface area contributed by atoms with Crippen LogP contribution in [0.25, 0.3) is 11.4 Å². The highest BCUT2D eigenvalue weighted by atomic mass is 16.5. The quantitative estimate of drug-likeness (QED) is 0.684. The average molecular weight is 329 g/mol. The van der Waals surface area contributed by atoms with Crippen molar-refractivity contribution in [3.05, 3.63) is 78.0 Å². The van der Waals surface area contributed by atoms with Crippen molar-refractivity contribution in [2.75, 3.05) is 6.54 Å². The van der Waals surface area contributed by atoms with Gasteiger partial charge in [-0.1, -0.05) is 35.5 Å². The Bertz CT molecular complexity index is 942. The molecule has 3 aromatic rings. The maximum absolute atomic E-state index is 9.03. The minimum Gasteiger partial charge on any atom is -0.337 e. The van der Waals surface area contributed by atoms with E-state index in [2.05, 4.69) is 38.2 Å². The summed E-state index contributed by atoms with van der Waals surface area (Å²) in [5.74, 6) is 1.03. The third-order valence-electron chi connectivity index (χ3n) is 4.09. The Hall–Kier alpha value is -3.30. The molecule has 6 nitrogen and oxygen atoms in total. The Morgan fingerprint density at radius 2 is 2.20 bits per heavy atom. The SMILES string of the molecule is N#Cc1cccc(-c2noc([C@@H]3C=CCN3Cc3ccccn3)n2)c1. The van der Waals surface area contributed by atoms with Gasteiger partial charge < -0.3 is 4.52 Å². The standard InChI is InChI=1S/C19H15N5O/c20-12-14-5-3-6-15(11-14)18-22-19(25-23-18)17-8-4-10-24(17)13-16-7-1-2-9-21-16/h1-9,11,17H,10,13H2/t17-/m0/s1. The topological polar surface area (TPSA) is 78.8 Å². The van der Waals surface area contributed by atoms with Crippen molar-refractivity contribution >= 4 is 0 Å². The minimum atomic E-state index is -0.0672. The van der Waals surface area contributed by atoms with Crippen molar-refractivity contribution in [1.82, 2.24) is 20.0 Å². The van der Waals surface area contributed by atoms with E-state index >= 15 is 0 Å².